The molecule has 0 unspecified atom stereocenters. The molecule has 0 radical (unpaired) electrons. The molecule has 9 saturated carbocycles. The van der Waals surface area contributed by atoms with Crippen molar-refractivity contribution in [1.82, 2.24) is 24.5 Å². The Hall–Kier alpha value is -9.15. The van der Waals surface area contributed by atoms with Gasteiger partial charge in [0.1, 0.15) is 6.67 Å². The van der Waals surface area contributed by atoms with Gasteiger partial charge in [-0.1, -0.05) is 79.9 Å². The van der Waals surface area contributed by atoms with Crippen LogP contribution in [0, 0.1) is 29.1 Å². The Morgan fingerprint density at radius 3 is 0.717 bits per heavy atom. The highest BCUT2D eigenvalue weighted by Crippen LogP contribution is 2.48. The second-order valence-corrected chi connectivity index (χ2v) is 40.0. The van der Waals surface area contributed by atoms with Gasteiger partial charge in [-0.2, -0.15) is 71.1 Å². The molecule has 0 aliphatic heterocycles. The summed E-state index contributed by atoms with van der Waals surface area (Å²) in [5, 5.41) is 58.0. The van der Waals surface area contributed by atoms with Gasteiger partial charge >= 0.3 is 30.9 Å². The zero-order valence-electron chi connectivity index (χ0n) is 78.2. The minimum atomic E-state index is -4.82. The molecule has 37 heteroatoms. The van der Waals surface area contributed by atoms with E-state index in [-0.39, 0.29) is 147 Å². The molecule has 762 valence electrons. The number of alkyl halides is 17. The van der Waals surface area contributed by atoms with Crippen molar-refractivity contribution in [2.24, 2.45) is 29.2 Å². The van der Waals surface area contributed by atoms with Gasteiger partial charge in [0.15, 0.2) is 28.0 Å². The predicted molar refractivity (Wildman–Crippen MR) is 483 cm³/mol. The van der Waals surface area contributed by atoms with Crippen LogP contribution in [0.2, 0.25) is 0 Å². The van der Waals surface area contributed by atoms with E-state index in [0.29, 0.717) is 81.5 Å². The molecule has 0 bridgehead atoms. The molecule has 9 aliphatic carbocycles. The number of amides is 7. The summed E-state index contributed by atoms with van der Waals surface area (Å²) in [6.45, 7) is 2.81. The molecule has 138 heavy (non-hydrogen) atoms. The summed E-state index contributed by atoms with van der Waals surface area (Å²) in [5.74, 6) is -0.723. The first-order valence-electron chi connectivity index (χ1n) is 47.7. The number of halogens is 17. The normalized spacial score (nSPS) is 23.8. The highest BCUT2D eigenvalue weighted by Gasteiger charge is 2.56. The van der Waals surface area contributed by atoms with Crippen molar-refractivity contribution in [1.29, 1.82) is 5.26 Å². The second kappa shape index (κ2) is 45.8. The van der Waals surface area contributed by atoms with E-state index in [9.17, 15) is 129 Å². The molecule has 14 rings (SSSR count). The number of aliphatic hydroxyl groups is 5. The van der Waals surface area contributed by atoms with Gasteiger partial charge in [-0.25, -0.2) is 4.39 Å². The number of nitrogens with two attached hydrogens (primary N) is 2. The standard InChI is InChI=1S/2C22H29F3N2O3.C20H23F3N2O2.C19H23ClF3NO2.C18H23F4NO2/c2*1-21(30,22(23,24)25)16-7-5-15(6-8-16)20(29)27(18-11-12-18)17-9-2-14(3-10-17)4-13-19(26)28;1-19(27,20(21,22)23)15-6-4-14(5-7-15)18(26)25(17-10-11-17)16-8-2-13(12-24)3-9-16;1-18(26,19(21,22)23)13-4-2-12(3-5-13)17(25)24(16-10-11-16)15-8-6-14(20)7-9-15;1-17(25,18(20,21)22)14-9-7-13(8-10-14)16(24)23(12-11-19)15-5-3-2-4-6-15/h2*5-8,14,17-18,30H,2-4,9-13H2,1H3,(H2,26,28);4-7,13,16-17,27H,2-3,8-11H2,1H3;2-5,14-16,26H,6-11H2,1H3;7-10,15,25H,2-6,11-12H2,1H3/t2*14?,17?,21-;13?,16?,19-;14?,15?,18-;17-/m00000/s1. The lowest BCUT2D eigenvalue weighted by molar-refractivity contribution is -0.259. The van der Waals surface area contributed by atoms with Crippen molar-refractivity contribution < 1.29 is 129 Å². The van der Waals surface area contributed by atoms with Gasteiger partial charge in [-0.15, -0.1) is 11.6 Å². The van der Waals surface area contributed by atoms with Gasteiger partial charge in [0.25, 0.3) is 29.5 Å². The SMILES string of the molecule is C[C@](O)(c1ccc(C(=O)N(C2CCC(C#N)CC2)C2CC2)cc1)C(F)(F)F.C[C@](O)(c1ccc(C(=O)N(C2CCC(CCC(N)=O)CC2)C2CC2)cc1)C(F)(F)F.C[C@](O)(c1ccc(C(=O)N(C2CCC(CCC(N)=O)CC2)C2CC2)cc1)C(F)(F)F.C[C@](O)(c1ccc(C(=O)N(C2CCC(Cl)CC2)C2CC2)cc1)C(F)(F)F.C[C@](O)(c1ccc(C(=O)N(CCF)C2CCCCC2)cc1)C(F)(F)F. The fourth-order valence-electron chi connectivity index (χ4n) is 19.0. The summed E-state index contributed by atoms with van der Waals surface area (Å²) >= 11 is 6.16. The molecule has 0 aromatic heterocycles. The van der Waals surface area contributed by atoms with Crippen LogP contribution in [0.1, 0.15) is 326 Å². The van der Waals surface area contributed by atoms with Crippen molar-refractivity contribution in [3.05, 3.63) is 177 Å². The maximum Gasteiger partial charge on any atom is 0.421 e. The van der Waals surface area contributed by atoms with Gasteiger partial charge in [-0.05, 0) is 315 Å². The van der Waals surface area contributed by atoms with Gasteiger partial charge < -0.3 is 61.5 Å². The van der Waals surface area contributed by atoms with E-state index in [2.05, 4.69) is 6.07 Å². The Bertz CT molecular complexity index is 4770. The fourth-order valence-corrected chi connectivity index (χ4v) is 19.3. The Balaban J connectivity index is 0.000000178. The molecular weight excluding hydrogens is 1860 g/mol. The van der Waals surface area contributed by atoms with Crippen molar-refractivity contribution in [2.75, 3.05) is 13.2 Å². The van der Waals surface area contributed by atoms with E-state index in [4.69, 9.17) is 28.3 Å². The molecule has 7 amide bonds. The zero-order valence-corrected chi connectivity index (χ0v) is 78.9. The van der Waals surface area contributed by atoms with Gasteiger partial charge in [-0.3, -0.25) is 33.6 Å². The minimum absolute atomic E-state index is 0.0223. The van der Waals surface area contributed by atoms with E-state index in [1.54, 1.807) is 0 Å². The van der Waals surface area contributed by atoms with E-state index in [1.165, 1.54) is 114 Å². The fraction of sp³-hybridized carbons (Fsp3) is 0.624. The Morgan fingerprint density at radius 1 is 0.319 bits per heavy atom. The van der Waals surface area contributed by atoms with Crippen LogP contribution in [0.15, 0.2) is 121 Å². The zero-order chi connectivity index (χ0) is 102. The number of carbonyl (C=O) groups excluding carboxylic acids is 7. The van der Waals surface area contributed by atoms with Gasteiger partial charge in [0.05, 0.1) is 6.07 Å². The number of nitriles is 1. The molecule has 0 saturated heterocycles. The lowest BCUT2D eigenvalue weighted by Gasteiger charge is -2.37. The van der Waals surface area contributed by atoms with Crippen molar-refractivity contribution in [3.8, 4) is 6.07 Å². The van der Waals surface area contributed by atoms with Crippen LogP contribution >= 0.6 is 11.6 Å². The van der Waals surface area contributed by atoms with Crippen molar-refractivity contribution in [3.63, 3.8) is 0 Å². The highest BCUT2D eigenvalue weighted by molar-refractivity contribution is 6.20. The molecule has 20 nitrogen and oxygen atoms in total. The lowest BCUT2D eigenvalue weighted by Crippen LogP contribution is -2.44. The number of primary amides is 2. The predicted octanol–water partition coefficient (Wildman–Crippen LogP) is 20.7. The summed E-state index contributed by atoms with van der Waals surface area (Å²) in [6, 6.07) is 28.5. The topological polar surface area (TPSA) is 313 Å². The van der Waals surface area contributed by atoms with E-state index in [0.717, 1.165) is 211 Å². The number of carbonyl (C=O) groups is 7. The third-order valence-electron chi connectivity index (χ3n) is 28.8. The molecule has 5 aromatic carbocycles. The average Bonchev–Trinajstić information content (AvgIpc) is 1.53. The molecule has 0 spiro atoms. The largest absolute Gasteiger partial charge is 0.421 e. The molecule has 9 aliphatic rings. The average molecular weight is 1980 g/mol. The minimum Gasteiger partial charge on any atom is -0.376 e. The van der Waals surface area contributed by atoms with Crippen LogP contribution in [0.4, 0.5) is 70.2 Å². The summed E-state index contributed by atoms with van der Waals surface area (Å²) < 4.78 is 208. The maximum atomic E-state index is 13.2. The van der Waals surface area contributed by atoms with Gasteiger partial charge in [0, 0.05) is 113 Å². The summed E-state index contributed by atoms with van der Waals surface area (Å²) in [6.07, 6.45) is 4.27. The Labute approximate surface area is 798 Å². The van der Waals surface area contributed by atoms with Crippen LogP contribution in [-0.2, 0) is 37.6 Å². The summed E-state index contributed by atoms with van der Waals surface area (Å²) in [7, 11) is 0. The third kappa shape index (κ3) is 28.2. The van der Waals surface area contributed by atoms with Crippen molar-refractivity contribution in [2.45, 2.75) is 365 Å². The molecule has 0 heterocycles. The number of benzene rings is 5. The monoisotopic (exact) mass is 1980 g/mol. The van der Waals surface area contributed by atoms with Crippen molar-refractivity contribution >= 4 is 53.0 Å². The van der Waals surface area contributed by atoms with Crippen LogP contribution < -0.4 is 11.5 Å². The Kier molecular flexibility index (Phi) is 36.8. The van der Waals surface area contributed by atoms with E-state index in [1.807, 2.05) is 19.6 Å². The maximum absolute atomic E-state index is 13.2. The van der Waals surface area contributed by atoms with Crippen LogP contribution in [0.5, 0.6) is 0 Å². The summed E-state index contributed by atoms with van der Waals surface area (Å²) in [5.41, 5.74) is -4.31. The first-order chi connectivity index (χ1) is 64.4. The lowest BCUT2D eigenvalue weighted by atomic mass is 9.82. The van der Waals surface area contributed by atoms with Crippen LogP contribution in [0.25, 0.3) is 0 Å². The third-order valence-corrected chi connectivity index (χ3v) is 29.3. The molecular formula is C101H127ClF16N8O12. The first kappa shape index (κ1) is 111. The Morgan fingerprint density at radius 2 is 0.522 bits per heavy atom. The number of hydrogen-bond acceptors (Lipinski definition) is 13. The van der Waals surface area contributed by atoms with Crippen LogP contribution in [-0.4, -0.2) is 195 Å². The van der Waals surface area contributed by atoms with Gasteiger partial charge in [0.2, 0.25) is 11.8 Å². The molecule has 9 N–H and O–H groups in total. The van der Waals surface area contributed by atoms with E-state index >= 15 is 0 Å². The van der Waals surface area contributed by atoms with Crippen LogP contribution in [0.3, 0.4) is 0 Å². The summed E-state index contributed by atoms with van der Waals surface area (Å²) in [4.78, 5) is 96.0. The number of rotatable bonds is 27. The number of nitrogens with zero attached hydrogens (tertiary/aromatic N) is 6. The van der Waals surface area contributed by atoms with E-state index < -0.39 is 65.6 Å². The molecule has 5 atom stereocenters. The second-order valence-electron chi connectivity index (χ2n) is 39.4. The molecule has 5 aromatic rings. The number of hydrogen-bond donors (Lipinski definition) is 7. The smallest absolute Gasteiger partial charge is 0.376 e. The molecule has 9 fully saturated rings. The first-order valence-corrected chi connectivity index (χ1v) is 48.1. The highest BCUT2D eigenvalue weighted by atomic mass is 35.5. The quantitative estimate of drug-likeness (QED) is 0.0190.